The molecule has 0 bridgehead atoms. The average molecular weight is 294 g/mol. The lowest BCUT2D eigenvalue weighted by atomic mass is 9.96. The zero-order valence-corrected chi connectivity index (χ0v) is 12.9. The van der Waals surface area contributed by atoms with E-state index in [0.717, 1.165) is 31.2 Å². The molecular formula is C14H20ClN5. The largest absolute Gasteiger partial charge is 0.370 e. The predicted molar refractivity (Wildman–Crippen MR) is 81.1 cm³/mol. The summed E-state index contributed by atoms with van der Waals surface area (Å²) in [6, 6.07) is 3.68. The highest BCUT2D eigenvalue weighted by Crippen LogP contribution is 2.22. The van der Waals surface area contributed by atoms with Gasteiger partial charge in [-0.1, -0.05) is 32.4 Å². The summed E-state index contributed by atoms with van der Waals surface area (Å²) < 4.78 is 1.91. The summed E-state index contributed by atoms with van der Waals surface area (Å²) >= 11 is 6.04. The number of hydrogen-bond acceptors (Lipinski definition) is 4. The zero-order chi connectivity index (χ0) is 14.6. The zero-order valence-electron chi connectivity index (χ0n) is 12.1. The molecule has 0 fully saturated rings. The molecule has 5 nitrogen and oxygen atoms in total. The number of hydrogen-bond donors (Lipinski definition) is 1. The monoisotopic (exact) mass is 293 g/mol. The highest BCUT2D eigenvalue weighted by atomic mass is 35.5. The Kier molecular flexibility index (Phi) is 4.60. The molecule has 108 valence electrons. The molecule has 0 aliphatic carbocycles. The summed E-state index contributed by atoms with van der Waals surface area (Å²) in [5.41, 5.74) is -0.115. The summed E-state index contributed by atoms with van der Waals surface area (Å²) in [5.74, 6) is 1.52. The molecule has 6 heteroatoms. The first-order chi connectivity index (χ1) is 9.45. The summed E-state index contributed by atoms with van der Waals surface area (Å²) in [4.78, 5) is 8.78. The maximum atomic E-state index is 6.04. The number of aryl methyl sites for hydroxylation is 1. The van der Waals surface area contributed by atoms with Crippen LogP contribution in [0.15, 0.2) is 24.5 Å². The lowest BCUT2D eigenvalue weighted by Gasteiger charge is -2.17. The fraction of sp³-hybridized carbons (Fsp3) is 0.500. The van der Waals surface area contributed by atoms with Crippen molar-refractivity contribution in [1.82, 2.24) is 19.7 Å². The van der Waals surface area contributed by atoms with Crippen LogP contribution < -0.4 is 5.32 Å². The number of nitrogens with one attached hydrogen (secondary N) is 1. The molecule has 0 saturated heterocycles. The van der Waals surface area contributed by atoms with E-state index in [2.05, 4.69) is 41.2 Å². The third-order valence-corrected chi connectivity index (χ3v) is 2.99. The molecule has 0 amide bonds. The minimum atomic E-state index is -0.115. The third-order valence-electron chi connectivity index (χ3n) is 2.80. The van der Waals surface area contributed by atoms with E-state index in [1.54, 1.807) is 12.3 Å². The van der Waals surface area contributed by atoms with Crippen LogP contribution in [0.1, 0.15) is 33.0 Å². The summed E-state index contributed by atoms with van der Waals surface area (Å²) in [7, 11) is 0. The molecule has 0 unspecified atom stereocenters. The molecule has 2 rings (SSSR count). The molecule has 20 heavy (non-hydrogen) atoms. The Labute approximate surface area is 124 Å². The fourth-order valence-electron chi connectivity index (χ4n) is 1.73. The lowest BCUT2D eigenvalue weighted by molar-refractivity contribution is 0.545. The van der Waals surface area contributed by atoms with Gasteiger partial charge in [-0.2, -0.15) is 5.10 Å². The Balaban J connectivity index is 1.91. The number of nitrogens with zero attached hydrogens (tertiary/aromatic N) is 4. The minimum Gasteiger partial charge on any atom is -0.370 e. The molecule has 0 radical (unpaired) electrons. The molecule has 1 N–H and O–H groups in total. The topological polar surface area (TPSA) is 55.6 Å². The molecule has 2 aromatic rings. The first-order valence-corrected chi connectivity index (χ1v) is 7.09. The van der Waals surface area contributed by atoms with Crippen LogP contribution in [0.25, 0.3) is 0 Å². The van der Waals surface area contributed by atoms with Crippen molar-refractivity contribution in [2.24, 2.45) is 0 Å². The molecule has 0 aliphatic heterocycles. The Morgan fingerprint density at radius 2 is 2.10 bits per heavy atom. The molecule has 0 atom stereocenters. The Morgan fingerprint density at radius 3 is 2.75 bits per heavy atom. The van der Waals surface area contributed by atoms with Crippen molar-refractivity contribution in [3.05, 3.63) is 35.5 Å². The lowest BCUT2D eigenvalue weighted by Crippen LogP contribution is -2.17. The van der Waals surface area contributed by atoms with Crippen LogP contribution in [0, 0.1) is 0 Å². The van der Waals surface area contributed by atoms with Gasteiger partial charge in [0, 0.05) is 37.0 Å². The maximum Gasteiger partial charge on any atom is 0.137 e. The highest BCUT2D eigenvalue weighted by Gasteiger charge is 2.18. The van der Waals surface area contributed by atoms with Crippen molar-refractivity contribution < 1.29 is 0 Å². The van der Waals surface area contributed by atoms with E-state index in [-0.39, 0.29) is 5.41 Å². The Bertz CT molecular complexity index is 545. The standard InChI is InChI=1S/C14H20ClN5/c1-14(2,3)13-18-11(15)10-12(19-13)16-6-4-8-20-9-5-7-17-20/h5,7,9-10H,4,6,8H2,1-3H3,(H,16,18,19). The average Bonchev–Trinajstić information content (AvgIpc) is 2.86. The maximum absolute atomic E-state index is 6.04. The van der Waals surface area contributed by atoms with Crippen LogP contribution in [0.2, 0.25) is 5.15 Å². The van der Waals surface area contributed by atoms with Crippen molar-refractivity contribution in [1.29, 1.82) is 0 Å². The van der Waals surface area contributed by atoms with E-state index in [1.165, 1.54) is 0 Å². The second-order valence-electron chi connectivity index (χ2n) is 5.70. The van der Waals surface area contributed by atoms with Crippen LogP contribution in [0.5, 0.6) is 0 Å². The molecule has 2 heterocycles. The van der Waals surface area contributed by atoms with Gasteiger partial charge in [-0.15, -0.1) is 0 Å². The van der Waals surface area contributed by atoms with E-state index >= 15 is 0 Å². The molecule has 0 saturated carbocycles. The molecule has 2 aromatic heterocycles. The summed E-state index contributed by atoms with van der Waals surface area (Å²) in [6.45, 7) is 7.90. The normalized spacial score (nSPS) is 11.6. The second-order valence-corrected chi connectivity index (χ2v) is 6.09. The van der Waals surface area contributed by atoms with Gasteiger partial charge >= 0.3 is 0 Å². The van der Waals surface area contributed by atoms with E-state index in [0.29, 0.717) is 5.15 Å². The smallest absolute Gasteiger partial charge is 0.137 e. The molecule has 0 spiro atoms. The van der Waals surface area contributed by atoms with Crippen LogP contribution in [-0.2, 0) is 12.0 Å². The van der Waals surface area contributed by atoms with E-state index in [1.807, 2.05) is 16.9 Å². The molecular weight excluding hydrogens is 274 g/mol. The summed E-state index contributed by atoms with van der Waals surface area (Å²) in [5, 5.41) is 7.92. The van der Waals surface area contributed by atoms with Gasteiger partial charge in [-0.25, -0.2) is 9.97 Å². The van der Waals surface area contributed by atoms with E-state index in [4.69, 9.17) is 11.6 Å². The van der Waals surface area contributed by atoms with Gasteiger partial charge in [-0.3, -0.25) is 4.68 Å². The van der Waals surface area contributed by atoms with Gasteiger partial charge in [0.15, 0.2) is 0 Å². The van der Waals surface area contributed by atoms with E-state index in [9.17, 15) is 0 Å². The van der Waals surface area contributed by atoms with Gasteiger partial charge in [-0.05, 0) is 12.5 Å². The molecule has 0 aliphatic rings. The van der Waals surface area contributed by atoms with Gasteiger partial charge in [0.25, 0.3) is 0 Å². The van der Waals surface area contributed by atoms with Crippen molar-refractivity contribution in [2.75, 3.05) is 11.9 Å². The van der Waals surface area contributed by atoms with Crippen molar-refractivity contribution >= 4 is 17.4 Å². The number of rotatable bonds is 5. The van der Waals surface area contributed by atoms with Gasteiger partial charge < -0.3 is 5.32 Å². The Morgan fingerprint density at radius 1 is 1.30 bits per heavy atom. The van der Waals surface area contributed by atoms with Crippen LogP contribution in [-0.4, -0.2) is 26.3 Å². The fourth-order valence-corrected chi connectivity index (χ4v) is 1.92. The predicted octanol–water partition coefficient (Wildman–Crippen LogP) is 3.13. The second kappa shape index (κ2) is 6.22. The van der Waals surface area contributed by atoms with E-state index < -0.39 is 0 Å². The third kappa shape index (κ3) is 4.20. The number of anilines is 1. The SMILES string of the molecule is CC(C)(C)c1nc(Cl)cc(NCCCn2cccn2)n1. The van der Waals surface area contributed by atoms with Gasteiger partial charge in [0.05, 0.1) is 0 Å². The van der Waals surface area contributed by atoms with Gasteiger partial charge in [0.1, 0.15) is 16.8 Å². The quantitative estimate of drug-likeness (QED) is 0.680. The highest BCUT2D eigenvalue weighted by molar-refractivity contribution is 6.29. The Hall–Kier alpha value is -1.62. The minimum absolute atomic E-state index is 0.115. The van der Waals surface area contributed by atoms with Gasteiger partial charge in [0.2, 0.25) is 0 Å². The van der Waals surface area contributed by atoms with Crippen LogP contribution >= 0.6 is 11.6 Å². The van der Waals surface area contributed by atoms with Crippen molar-refractivity contribution in [2.45, 2.75) is 39.2 Å². The molecule has 0 aromatic carbocycles. The van der Waals surface area contributed by atoms with Crippen LogP contribution in [0.3, 0.4) is 0 Å². The summed E-state index contributed by atoms with van der Waals surface area (Å²) in [6.07, 6.45) is 4.71. The first-order valence-electron chi connectivity index (χ1n) is 6.71. The first kappa shape index (κ1) is 14.8. The van der Waals surface area contributed by atoms with Crippen molar-refractivity contribution in [3.8, 4) is 0 Å². The van der Waals surface area contributed by atoms with Crippen LogP contribution in [0.4, 0.5) is 5.82 Å². The number of aromatic nitrogens is 4. The number of halogens is 1. The van der Waals surface area contributed by atoms with Crippen molar-refractivity contribution in [3.63, 3.8) is 0 Å².